The van der Waals surface area contributed by atoms with Crippen LogP contribution in [0.2, 0.25) is 0 Å². The second-order valence-electron chi connectivity index (χ2n) is 5.92. The summed E-state index contributed by atoms with van der Waals surface area (Å²) < 4.78 is 4.28. The maximum Gasteiger partial charge on any atom is 0.123 e. The molecule has 1 aliphatic rings. The second-order valence-corrected chi connectivity index (χ2v) is 5.92. The van der Waals surface area contributed by atoms with Crippen molar-refractivity contribution in [3.8, 4) is 0 Å². The van der Waals surface area contributed by atoms with Gasteiger partial charge < -0.3 is 4.57 Å². The fourth-order valence-electron chi connectivity index (χ4n) is 3.01. The first-order chi connectivity index (χ1) is 10.2. The van der Waals surface area contributed by atoms with Gasteiger partial charge in [0, 0.05) is 26.3 Å². The molecule has 0 spiro atoms. The molecule has 1 aromatic carbocycles. The van der Waals surface area contributed by atoms with Crippen molar-refractivity contribution in [1.29, 1.82) is 0 Å². The van der Waals surface area contributed by atoms with Crippen molar-refractivity contribution in [3.05, 3.63) is 48.0 Å². The van der Waals surface area contributed by atoms with Gasteiger partial charge in [-0.15, -0.1) is 0 Å². The largest absolute Gasteiger partial charge is 0.330 e. The van der Waals surface area contributed by atoms with Gasteiger partial charge in [-0.2, -0.15) is 5.10 Å². The number of benzene rings is 1. The molecule has 3 heterocycles. The third kappa shape index (κ3) is 2.14. The molecule has 0 N–H and O–H groups in total. The first-order valence-electron chi connectivity index (χ1n) is 7.34. The number of likely N-dealkylation sites (tertiary alicyclic amines) is 1. The zero-order valence-corrected chi connectivity index (χ0v) is 12.4. The van der Waals surface area contributed by atoms with Gasteiger partial charge in [0.1, 0.15) is 5.82 Å². The quantitative estimate of drug-likeness (QED) is 0.738. The van der Waals surface area contributed by atoms with Crippen LogP contribution in [0.25, 0.3) is 11.0 Å². The van der Waals surface area contributed by atoms with Gasteiger partial charge in [-0.1, -0.05) is 12.1 Å². The smallest absolute Gasteiger partial charge is 0.123 e. The number of hydrogen-bond donors (Lipinski definition) is 0. The number of para-hydroxylation sites is 2. The van der Waals surface area contributed by atoms with E-state index in [2.05, 4.69) is 57.6 Å². The van der Waals surface area contributed by atoms with E-state index in [0.717, 1.165) is 31.0 Å². The van der Waals surface area contributed by atoms with E-state index in [1.165, 1.54) is 11.1 Å². The van der Waals surface area contributed by atoms with Crippen LogP contribution in [-0.4, -0.2) is 37.3 Å². The predicted molar refractivity (Wildman–Crippen MR) is 82.0 cm³/mol. The normalized spacial score (nSPS) is 16.5. The lowest BCUT2D eigenvalue weighted by Gasteiger charge is -2.38. The molecule has 0 aliphatic carbocycles. The van der Waals surface area contributed by atoms with Crippen LogP contribution in [0.5, 0.6) is 0 Å². The van der Waals surface area contributed by atoms with Crippen molar-refractivity contribution in [2.45, 2.75) is 19.5 Å². The van der Waals surface area contributed by atoms with Crippen molar-refractivity contribution in [2.75, 3.05) is 13.1 Å². The summed E-state index contributed by atoms with van der Waals surface area (Å²) in [5, 5.41) is 4.40. The lowest BCUT2D eigenvalue weighted by atomic mass is 10.1. The predicted octanol–water partition coefficient (Wildman–Crippen LogP) is 2.14. The molecule has 0 amide bonds. The van der Waals surface area contributed by atoms with Gasteiger partial charge in [-0.05, 0) is 24.6 Å². The van der Waals surface area contributed by atoms with Gasteiger partial charge >= 0.3 is 0 Å². The Labute approximate surface area is 123 Å². The van der Waals surface area contributed by atoms with E-state index in [9.17, 15) is 0 Å². The molecule has 4 rings (SSSR count). The SMILES string of the molecule is Cc1cnn(C2CN(Cc3nc4ccccc4n3C)C2)c1. The Morgan fingerprint density at radius 2 is 2.05 bits per heavy atom. The van der Waals surface area contributed by atoms with Crippen LogP contribution in [-0.2, 0) is 13.6 Å². The molecule has 1 aliphatic heterocycles. The summed E-state index contributed by atoms with van der Waals surface area (Å²) in [7, 11) is 2.10. The van der Waals surface area contributed by atoms with Gasteiger partial charge in [0.25, 0.3) is 0 Å². The van der Waals surface area contributed by atoms with Crippen LogP contribution < -0.4 is 0 Å². The number of aromatic nitrogens is 4. The average Bonchev–Trinajstić information content (AvgIpc) is 2.99. The Morgan fingerprint density at radius 3 is 2.76 bits per heavy atom. The van der Waals surface area contributed by atoms with E-state index in [1.807, 2.05) is 12.3 Å². The van der Waals surface area contributed by atoms with E-state index in [-0.39, 0.29) is 0 Å². The van der Waals surface area contributed by atoms with Crippen molar-refractivity contribution in [1.82, 2.24) is 24.2 Å². The van der Waals surface area contributed by atoms with Crippen LogP contribution >= 0.6 is 0 Å². The lowest BCUT2D eigenvalue weighted by molar-refractivity contribution is 0.0873. The summed E-state index contributed by atoms with van der Waals surface area (Å²) in [6.45, 7) is 5.08. The summed E-state index contributed by atoms with van der Waals surface area (Å²) in [5.74, 6) is 1.13. The van der Waals surface area contributed by atoms with E-state index < -0.39 is 0 Å². The molecule has 3 aromatic rings. The topological polar surface area (TPSA) is 38.9 Å². The third-order valence-corrected chi connectivity index (χ3v) is 4.29. The second kappa shape index (κ2) is 4.70. The number of fused-ring (bicyclic) bond motifs is 1. The van der Waals surface area contributed by atoms with Crippen molar-refractivity contribution < 1.29 is 0 Å². The van der Waals surface area contributed by atoms with E-state index in [0.29, 0.717) is 6.04 Å². The fourth-order valence-corrected chi connectivity index (χ4v) is 3.01. The maximum atomic E-state index is 4.73. The van der Waals surface area contributed by atoms with Gasteiger partial charge in [0.2, 0.25) is 0 Å². The van der Waals surface area contributed by atoms with Gasteiger partial charge in [0.15, 0.2) is 0 Å². The monoisotopic (exact) mass is 281 g/mol. The molecule has 108 valence electrons. The zero-order valence-electron chi connectivity index (χ0n) is 12.4. The van der Waals surface area contributed by atoms with Crippen LogP contribution in [0.1, 0.15) is 17.4 Å². The zero-order chi connectivity index (χ0) is 14.4. The molecule has 0 saturated carbocycles. The highest BCUT2D eigenvalue weighted by molar-refractivity contribution is 5.75. The van der Waals surface area contributed by atoms with Crippen LogP contribution in [0, 0.1) is 6.92 Å². The van der Waals surface area contributed by atoms with Crippen LogP contribution in [0.4, 0.5) is 0 Å². The summed E-state index contributed by atoms with van der Waals surface area (Å²) in [4.78, 5) is 7.15. The minimum absolute atomic E-state index is 0.508. The molecule has 1 saturated heterocycles. The highest BCUT2D eigenvalue weighted by atomic mass is 15.4. The summed E-state index contributed by atoms with van der Waals surface area (Å²) >= 11 is 0. The molecule has 1 fully saturated rings. The molecule has 5 heteroatoms. The lowest BCUT2D eigenvalue weighted by Crippen LogP contribution is -2.47. The van der Waals surface area contributed by atoms with Gasteiger partial charge in [-0.3, -0.25) is 9.58 Å². The molecule has 0 atom stereocenters. The van der Waals surface area contributed by atoms with Gasteiger partial charge in [0.05, 0.1) is 29.8 Å². The number of rotatable bonds is 3. The highest BCUT2D eigenvalue weighted by Crippen LogP contribution is 2.24. The molecule has 0 radical (unpaired) electrons. The Bertz CT molecular complexity index is 779. The van der Waals surface area contributed by atoms with E-state index in [1.54, 1.807) is 0 Å². The van der Waals surface area contributed by atoms with E-state index in [4.69, 9.17) is 4.98 Å². The highest BCUT2D eigenvalue weighted by Gasteiger charge is 2.29. The molecule has 2 aromatic heterocycles. The Kier molecular flexibility index (Phi) is 2.82. The minimum Gasteiger partial charge on any atom is -0.330 e. The van der Waals surface area contributed by atoms with Gasteiger partial charge in [-0.25, -0.2) is 4.98 Å². The fraction of sp³-hybridized carbons (Fsp3) is 0.375. The molecule has 21 heavy (non-hydrogen) atoms. The minimum atomic E-state index is 0.508. The molecule has 5 nitrogen and oxygen atoms in total. The average molecular weight is 281 g/mol. The first kappa shape index (κ1) is 12.6. The van der Waals surface area contributed by atoms with Crippen LogP contribution in [0.15, 0.2) is 36.7 Å². The number of nitrogens with zero attached hydrogens (tertiary/aromatic N) is 5. The standard InChI is InChI=1S/C16H19N5/c1-12-7-17-21(8-12)13-9-20(10-13)11-16-18-14-5-3-4-6-15(14)19(16)2/h3-8,13H,9-11H2,1-2H3. The Hall–Kier alpha value is -2.14. The number of imidazole rings is 1. The number of aryl methyl sites for hydroxylation is 2. The molecule has 0 unspecified atom stereocenters. The summed E-state index contributed by atoms with van der Waals surface area (Å²) in [6, 6.07) is 8.81. The maximum absolute atomic E-state index is 4.73. The summed E-state index contributed by atoms with van der Waals surface area (Å²) in [5.41, 5.74) is 3.51. The summed E-state index contributed by atoms with van der Waals surface area (Å²) in [6.07, 6.45) is 4.05. The molecular weight excluding hydrogens is 262 g/mol. The van der Waals surface area contributed by atoms with Crippen LogP contribution in [0.3, 0.4) is 0 Å². The van der Waals surface area contributed by atoms with E-state index >= 15 is 0 Å². The van der Waals surface area contributed by atoms with Crippen molar-refractivity contribution >= 4 is 11.0 Å². The van der Waals surface area contributed by atoms with Crippen molar-refractivity contribution in [2.24, 2.45) is 7.05 Å². The molecule has 0 bridgehead atoms. The molecular formula is C16H19N5. The third-order valence-electron chi connectivity index (χ3n) is 4.29. The Morgan fingerprint density at radius 1 is 1.24 bits per heavy atom. The first-order valence-corrected chi connectivity index (χ1v) is 7.34. The van der Waals surface area contributed by atoms with Crippen molar-refractivity contribution in [3.63, 3.8) is 0 Å². The Balaban J connectivity index is 1.46. The number of hydrogen-bond acceptors (Lipinski definition) is 3.